The van der Waals surface area contributed by atoms with Crippen molar-refractivity contribution in [2.24, 2.45) is 4.99 Å². The van der Waals surface area contributed by atoms with E-state index in [1.54, 1.807) is 0 Å². The van der Waals surface area contributed by atoms with Gasteiger partial charge in [0.2, 0.25) is 0 Å². The number of pyridine rings is 1. The number of aliphatic imine (C=N–C) groups is 1. The molecule has 24 heavy (non-hydrogen) atoms. The fraction of sp³-hybridized carbons (Fsp3) is 0.647. The molecule has 1 aliphatic heterocycles. The van der Waals surface area contributed by atoms with E-state index in [2.05, 4.69) is 62.8 Å². The van der Waals surface area contributed by atoms with Crippen LogP contribution in [0.3, 0.4) is 0 Å². The van der Waals surface area contributed by atoms with Gasteiger partial charge in [-0.05, 0) is 31.9 Å². The molecule has 0 spiro atoms. The van der Waals surface area contributed by atoms with E-state index < -0.39 is 0 Å². The number of anilines is 1. The summed E-state index contributed by atoms with van der Waals surface area (Å²) in [6.45, 7) is 8.81. The summed E-state index contributed by atoms with van der Waals surface area (Å²) in [5.41, 5.74) is 1.13. The Bertz CT molecular complexity index is 496. The average Bonchev–Trinajstić information content (AvgIpc) is 2.61. The molecule has 0 saturated carbocycles. The molecule has 0 radical (unpaired) electrons. The van der Waals surface area contributed by atoms with Crippen molar-refractivity contribution in [1.82, 2.24) is 20.5 Å². The summed E-state index contributed by atoms with van der Waals surface area (Å²) >= 11 is 1.83. The maximum Gasteiger partial charge on any atom is 0.191 e. The van der Waals surface area contributed by atoms with Crippen molar-refractivity contribution in [3.05, 3.63) is 23.9 Å². The summed E-state index contributed by atoms with van der Waals surface area (Å²) in [6, 6.07) is 4.25. The first-order valence-corrected chi connectivity index (χ1v) is 10.0. The highest BCUT2D eigenvalue weighted by molar-refractivity contribution is 7.98. The first-order valence-electron chi connectivity index (χ1n) is 8.62. The molecule has 0 bridgehead atoms. The van der Waals surface area contributed by atoms with Crippen LogP contribution in [0, 0.1) is 0 Å². The fourth-order valence-corrected chi connectivity index (χ4v) is 2.82. The van der Waals surface area contributed by atoms with Crippen LogP contribution < -0.4 is 15.5 Å². The molecule has 0 unspecified atom stereocenters. The number of thioether (sulfide) groups is 1. The van der Waals surface area contributed by atoms with E-state index >= 15 is 0 Å². The Labute approximate surface area is 150 Å². The summed E-state index contributed by atoms with van der Waals surface area (Å²) in [5, 5.41) is 6.62. The number of nitrogens with zero attached hydrogens (tertiary/aromatic N) is 4. The van der Waals surface area contributed by atoms with Gasteiger partial charge in [-0.1, -0.05) is 6.07 Å². The highest BCUT2D eigenvalue weighted by Crippen LogP contribution is 2.13. The van der Waals surface area contributed by atoms with Crippen LogP contribution in [0.15, 0.2) is 23.3 Å². The molecule has 2 heterocycles. The molecule has 1 aromatic heterocycles. The Morgan fingerprint density at radius 1 is 1.25 bits per heavy atom. The molecule has 1 aromatic rings. The number of nitrogens with one attached hydrogen (secondary N) is 2. The van der Waals surface area contributed by atoms with Gasteiger partial charge in [-0.25, -0.2) is 9.98 Å². The zero-order valence-corrected chi connectivity index (χ0v) is 15.9. The monoisotopic (exact) mass is 350 g/mol. The molecular formula is C17H30N6S. The molecular weight excluding hydrogens is 320 g/mol. The molecule has 1 saturated heterocycles. The first-order chi connectivity index (χ1) is 11.7. The van der Waals surface area contributed by atoms with Gasteiger partial charge in [0.15, 0.2) is 5.96 Å². The Morgan fingerprint density at radius 3 is 2.67 bits per heavy atom. The molecule has 1 fully saturated rings. The molecule has 7 heteroatoms. The minimum atomic E-state index is 0.643. The lowest BCUT2D eigenvalue weighted by atomic mass is 10.2. The average molecular weight is 351 g/mol. The van der Waals surface area contributed by atoms with Gasteiger partial charge in [0.05, 0.1) is 6.54 Å². The Morgan fingerprint density at radius 2 is 2.04 bits per heavy atom. The molecule has 1 aliphatic rings. The van der Waals surface area contributed by atoms with Crippen molar-refractivity contribution in [2.45, 2.75) is 13.5 Å². The van der Waals surface area contributed by atoms with Crippen LogP contribution in [0.5, 0.6) is 0 Å². The third-order valence-electron chi connectivity index (χ3n) is 4.00. The molecule has 134 valence electrons. The van der Waals surface area contributed by atoms with Crippen LogP contribution in [0.25, 0.3) is 0 Å². The minimum absolute atomic E-state index is 0.643. The standard InChI is InChI=1S/C17H30N6S/c1-4-18-17(19-7-12-24-3)21-14-15-5-6-16(20-13-15)23-10-8-22(2)9-11-23/h5-6,13H,4,7-12,14H2,1-3H3,(H2,18,19,21). The second kappa shape index (κ2) is 10.4. The summed E-state index contributed by atoms with van der Waals surface area (Å²) < 4.78 is 0. The van der Waals surface area contributed by atoms with Crippen LogP contribution in [0.4, 0.5) is 5.82 Å². The molecule has 0 amide bonds. The highest BCUT2D eigenvalue weighted by Gasteiger charge is 2.14. The van der Waals surface area contributed by atoms with Crippen molar-refractivity contribution in [1.29, 1.82) is 0 Å². The number of piperazine rings is 1. The number of guanidine groups is 1. The summed E-state index contributed by atoms with van der Waals surface area (Å²) in [7, 11) is 2.17. The van der Waals surface area contributed by atoms with E-state index in [0.29, 0.717) is 6.54 Å². The number of hydrogen-bond acceptors (Lipinski definition) is 5. The maximum atomic E-state index is 4.63. The minimum Gasteiger partial charge on any atom is -0.357 e. The van der Waals surface area contributed by atoms with Crippen molar-refractivity contribution in [3.63, 3.8) is 0 Å². The van der Waals surface area contributed by atoms with Crippen LogP contribution in [0.2, 0.25) is 0 Å². The molecule has 0 atom stereocenters. The van der Waals surface area contributed by atoms with E-state index in [1.165, 1.54) is 0 Å². The molecule has 6 nitrogen and oxygen atoms in total. The molecule has 2 rings (SSSR count). The first kappa shape index (κ1) is 18.9. The number of hydrogen-bond donors (Lipinski definition) is 2. The lowest BCUT2D eigenvalue weighted by molar-refractivity contribution is 0.312. The Kier molecular flexibility index (Phi) is 8.18. The fourth-order valence-electron chi connectivity index (χ4n) is 2.52. The normalized spacial score (nSPS) is 16.3. The van der Waals surface area contributed by atoms with Crippen LogP contribution in [-0.4, -0.2) is 74.2 Å². The zero-order chi connectivity index (χ0) is 17.2. The van der Waals surface area contributed by atoms with E-state index in [-0.39, 0.29) is 0 Å². The largest absolute Gasteiger partial charge is 0.357 e. The third-order valence-corrected chi connectivity index (χ3v) is 4.61. The van der Waals surface area contributed by atoms with Crippen molar-refractivity contribution < 1.29 is 0 Å². The van der Waals surface area contributed by atoms with Gasteiger partial charge < -0.3 is 20.4 Å². The Balaban J connectivity index is 1.88. The van der Waals surface area contributed by atoms with Gasteiger partial charge in [-0.15, -0.1) is 0 Å². The molecule has 0 aromatic carbocycles. The highest BCUT2D eigenvalue weighted by atomic mass is 32.2. The molecule has 2 N–H and O–H groups in total. The third kappa shape index (κ3) is 6.20. The van der Waals surface area contributed by atoms with Crippen molar-refractivity contribution in [3.8, 4) is 0 Å². The second-order valence-corrected chi connectivity index (χ2v) is 6.92. The van der Waals surface area contributed by atoms with Crippen LogP contribution in [-0.2, 0) is 6.54 Å². The van der Waals surface area contributed by atoms with Gasteiger partial charge in [-0.3, -0.25) is 0 Å². The lowest BCUT2D eigenvalue weighted by Crippen LogP contribution is -2.44. The lowest BCUT2D eigenvalue weighted by Gasteiger charge is -2.33. The molecule has 0 aliphatic carbocycles. The SMILES string of the molecule is CCNC(=NCc1ccc(N2CCN(C)CC2)nc1)NCCSC. The quantitative estimate of drug-likeness (QED) is 0.439. The number of aromatic nitrogens is 1. The summed E-state index contributed by atoms with van der Waals surface area (Å²) in [5.74, 6) is 3.02. The predicted molar refractivity (Wildman–Crippen MR) is 105 cm³/mol. The van der Waals surface area contributed by atoms with E-state index in [9.17, 15) is 0 Å². The van der Waals surface area contributed by atoms with Gasteiger partial charge in [-0.2, -0.15) is 11.8 Å². The topological polar surface area (TPSA) is 55.8 Å². The summed E-state index contributed by atoms with van der Waals surface area (Å²) in [4.78, 5) is 14.0. The number of likely N-dealkylation sites (N-methyl/N-ethyl adjacent to an activating group) is 1. The van der Waals surface area contributed by atoms with E-state index in [4.69, 9.17) is 0 Å². The van der Waals surface area contributed by atoms with Crippen LogP contribution in [0.1, 0.15) is 12.5 Å². The maximum absolute atomic E-state index is 4.63. The zero-order valence-electron chi connectivity index (χ0n) is 15.1. The van der Waals surface area contributed by atoms with Gasteiger partial charge in [0.1, 0.15) is 5.82 Å². The van der Waals surface area contributed by atoms with Gasteiger partial charge >= 0.3 is 0 Å². The van der Waals surface area contributed by atoms with E-state index in [0.717, 1.165) is 62.4 Å². The van der Waals surface area contributed by atoms with E-state index in [1.807, 2.05) is 18.0 Å². The van der Waals surface area contributed by atoms with Crippen LogP contribution >= 0.6 is 11.8 Å². The smallest absolute Gasteiger partial charge is 0.191 e. The van der Waals surface area contributed by atoms with Gasteiger partial charge in [0.25, 0.3) is 0 Å². The Hall–Kier alpha value is -1.47. The van der Waals surface area contributed by atoms with Gasteiger partial charge in [0, 0.05) is 51.2 Å². The van der Waals surface area contributed by atoms with Crippen molar-refractivity contribution >= 4 is 23.5 Å². The second-order valence-electron chi connectivity index (χ2n) is 5.93. The van der Waals surface area contributed by atoms with Crippen molar-refractivity contribution in [2.75, 3.05) is 63.2 Å². The predicted octanol–water partition coefficient (Wildman–Crippen LogP) is 1.25. The summed E-state index contributed by atoms with van der Waals surface area (Å²) in [6.07, 6.45) is 4.06. The number of rotatable bonds is 7.